The van der Waals surface area contributed by atoms with Crippen molar-refractivity contribution in [3.63, 3.8) is 0 Å². The van der Waals surface area contributed by atoms with Crippen LogP contribution in [0.5, 0.6) is 0 Å². The Labute approximate surface area is 145 Å². The van der Waals surface area contributed by atoms with Gasteiger partial charge in [-0.15, -0.1) is 0 Å². The Morgan fingerprint density at radius 1 is 1.04 bits per heavy atom. The lowest BCUT2D eigenvalue weighted by atomic mass is 9.82. The van der Waals surface area contributed by atoms with Crippen molar-refractivity contribution in [1.82, 2.24) is 9.55 Å². The Hall–Kier alpha value is -2.30. The minimum Gasteiger partial charge on any atom is -0.396 e. The minimum absolute atomic E-state index is 0.00350. The van der Waals surface area contributed by atoms with Gasteiger partial charge in [0.1, 0.15) is 0 Å². The molecule has 1 aliphatic heterocycles. The molecule has 3 atom stereocenters. The van der Waals surface area contributed by atoms with Crippen LogP contribution in [0.4, 0.5) is 5.95 Å². The van der Waals surface area contributed by atoms with Crippen LogP contribution in [-0.2, 0) is 0 Å². The van der Waals surface area contributed by atoms with E-state index in [1.807, 2.05) is 48.7 Å². The smallest absolute Gasteiger partial charge is 0.203 e. The maximum absolute atomic E-state index is 10.2. The number of benzene rings is 2. The third-order valence-electron chi connectivity index (χ3n) is 4.67. The first-order valence-electron chi connectivity index (χ1n) is 7.98. The van der Waals surface area contributed by atoms with E-state index < -0.39 is 0 Å². The summed E-state index contributed by atoms with van der Waals surface area (Å²) in [4.78, 5) is 4.44. The monoisotopic (exact) mass is 339 g/mol. The average Bonchev–Trinajstić information content (AvgIpc) is 3.10. The summed E-state index contributed by atoms with van der Waals surface area (Å²) in [5.41, 5.74) is 2.25. The lowest BCUT2D eigenvalue weighted by Crippen LogP contribution is -2.38. The van der Waals surface area contributed by atoms with E-state index >= 15 is 0 Å². The molecule has 0 fully saturated rings. The van der Waals surface area contributed by atoms with Gasteiger partial charge >= 0.3 is 0 Å². The van der Waals surface area contributed by atoms with Crippen molar-refractivity contribution in [2.45, 2.75) is 12.1 Å². The Balaban J connectivity index is 1.82. The lowest BCUT2D eigenvalue weighted by molar-refractivity contribution is 0.166. The zero-order chi connectivity index (χ0) is 16.5. The topological polar surface area (TPSA) is 50.1 Å². The molecule has 0 unspecified atom stereocenters. The Kier molecular flexibility index (Phi) is 4.00. The first-order valence-corrected chi connectivity index (χ1v) is 8.36. The van der Waals surface area contributed by atoms with Gasteiger partial charge in [-0.2, -0.15) is 0 Å². The molecule has 122 valence electrons. The molecule has 5 heteroatoms. The SMILES string of the molecule is OC[C@@H]1[C@@H](c2ccc(Cl)cc2)n2ccnc2N[C@H]1c1ccccc1. The van der Waals surface area contributed by atoms with E-state index in [4.69, 9.17) is 11.6 Å². The highest BCUT2D eigenvalue weighted by atomic mass is 35.5. The number of aliphatic hydroxyl groups is 1. The number of hydrogen-bond acceptors (Lipinski definition) is 3. The van der Waals surface area contributed by atoms with E-state index in [2.05, 4.69) is 27.0 Å². The minimum atomic E-state index is -0.0183. The van der Waals surface area contributed by atoms with Gasteiger partial charge in [0, 0.05) is 23.3 Å². The second-order valence-corrected chi connectivity index (χ2v) is 6.47. The number of fused-ring (bicyclic) bond motifs is 1. The molecular weight excluding hydrogens is 322 g/mol. The fraction of sp³-hybridized carbons (Fsp3) is 0.211. The summed E-state index contributed by atoms with van der Waals surface area (Å²) < 4.78 is 2.09. The maximum atomic E-state index is 10.2. The highest BCUT2D eigenvalue weighted by Gasteiger charge is 2.38. The van der Waals surface area contributed by atoms with Crippen molar-refractivity contribution < 1.29 is 5.11 Å². The molecule has 1 aliphatic rings. The zero-order valence-electron chi connectivity index (χ0n) is 13.0. The van der Waals surface area contributed by atoms with Gasteiger partial charge in [0.15, 0.2) is 0 Å². The fourth-order valence-corrected chi connectivity index (χ4v) is 3.67. The van der Waals surface area contributed by atoms with Crippen LogP contribution in [0.3, 0.4) is 0 Å². The molecule has 0 saturated carbocycles. The van der Waals surface area contributed by atoms with Gasteiger partial charge in [-0.25, -0.2) is 4.98 Å². The largest absolute Gasteiger partial charge is 0.396 e. The molecule has 0 spiro atoms. The van der Waals surface area contributed by atoms with Crippen LogP contribution < -0.4 is 5.32 Å². The number of aromatic nitrogens is 2. The maximum Gasteiger partial charge on any atom is 0.203 e. The van der Waals surface area contributed by atoms with Gasteiger partial charge in [0.2, 0.25) is 5.95 Å². The number of aliphatic hydroxyl groups excluding tert-OH is 1. The molecular formula is C19H18ClN3O. The van der Waals surface area contributed by atoms with Gasteiger partial charge in [0.25, 0.3) is 0 Å². The van der Waals surface area contributed by atoms with Crippen LogP contribution in [0.25, 0.3) is 0 Å². The molecule has 4 nitrogen and oxygen atoms in total. The first-order chi connectivity index (χ1) is 11.8. The molecule has 24 heavy (non-hydrogen) atoms. The molecule has 4 rings (SSSR count). The summed E-state index contributed by atoms with van der Waals surface area (Å²) in [6.45, 7) is 0.0669. The summed E-state index contributed by atoms with van der Waals surface area (Å²) in [5.74, 6) is 0.795. The standard InChI is InChI=1S/C19H18ClN3O/c20-15-8-6-14(7-9-15)18-16(12-24)17(13-4-2-1-3-5-13)22-19-21-10-11-23(18)19/h1-11,16-18,24H,12H2,(H,21,22)/t16-,17-,18+/m0/s1. The summed E-state index contributed by atoms with van der Waals surface area (Å²) >= 11 is 6.04. The molecule has 2 aromatic carbocycles. The average molecular weight is 340 g/mol. The normalized spacial score (nSPS) is 22.7. The summed E-state index contributed by atoms with van der Waals surface area (Å²) in [5, 5.41) is 14.4. The van der Waals surface area contributed by atoms with Crippen molar-refractivity contribution in [2.75, 3.05) is 11.9 Å². The molecule has 0 saturated heterocycles. The number of rotatable bonds is 3. The number of imidazole rings is 1. The van der Waals surface area contributed by atoms with E-state index in [9.17, 15) is 5.11 Å². The predicted octanol–water partition coefficient (Wildman–Crippen LogP) is 3.90. The van der Waals surface area contributed by atoms with Crippen molar-refractivity contribution in [3.8, 4) is 0 Å². The predicted molar refractivity (Wildman–Crippen MR) is 95.2 cm³/mol. The Bertz CT molecular complexity index is 816. The third kappa shape index (κ3) is 2.58. The number of nitrogens with one attached hydrogen (secondary N) is 1. The van der Waals surface area contributed by atoms with Gasteiger partial charge in [0.05, 0.1) is 18.7 Å². The quantitative estimate of drug-likeness (QED) is 0.761. The van der Waals surface area contributed by atoms with Crippen LogP contribution in [0.15, 0.2) is 67.0 Å². The van der Waals surface area contributed by atoms with Crippen LogP contribution in [0, 0.1) is 5.92 Å². The summed E-state index contributed by atoms with van der Waals surface area (Å²) in [6.07, 6.45) is 3.73. The molecule has 0 bridgehead atoms. The number of hydrogen-bond donors (Lipinski definition) is 2. The van der Waals surface area contributed by atoms with Crippen LogP contribution in [-0.4, -0.2) is 21.3 Å². The molecule has 2 N–H and O–H groups in total. The highest BCUT2D eigenvalue weighted by Crippen LogP contribution is 2.42. The van der Waals surface area contributed by atoms with E-state index in [-0.39, 0.29) is 24.6 Å². The second-order valence-electron chi connectivity index (χ2n) is 6.03. The van der Waals surface area contributed by atoms with Gasteiger partial charge < -0.3 is 15.0 Å². The zero-order valence-corrected chi connectivity index (χ0v) is 13.8. The van der Waals surface area contributed by atoms with Crippen molar-refractivity contribution in [2.24, 2.45) is 5.92 Å². The molecule has 2 heterocycles. The summed E-state index contributed by atoms with van der Waals surface area (Å²) in [6, 6.07) is 18.0. The van der Waals surface area contributed by atoms with E-state index in [1.54, 1.807) is 6.20 Å². The van der Waals surface area contributed by atoms with E-state index in [1.165, 1.54) is 0 Å². The number of halogens is 1. The van der Waals surface area contributed by atoms with E-state index in [0.29, 0.717) is 5.02 Å². The second kappa shape index (κ2) is 6.30. The van der Waals surface area contributed by atoms with Crippen molar-refractivity contribution >= 4 is 17.5 Å². The fourth-order valence-electron chi connectivity index (χ4n) is 3.55. The number of nitrogens with zero attached hydrogens (tertiary/aromatic N) is 2. The molecule has 0 amide bonds. The third-order valence-corrected chi connectivity index (χ3v) is 4.92. The van der Waals surface area contributed by atoms with Crippen LogP contribution >= 0.6 is 11.6 Å². The Morgan fingerprint density at radius 2 is 1.79 bits per heavy atom. The van der Waals surface area contributed by atoms with Crippen LogP contribution in [0.1, 0.15) is 23.2 Å². The van der Waals surface area contributed by atoms with Crippen molar-refractivity contribution in [3.05, 3.63) is 83.1 Å². The van der Waals surface area contributed by atoms with Crippen LogP contribution in [0.2, 0.25) is 5.02 Å². The molecule has 3 aromatic rings. The van der Waals surface area contributed by atoms with Gasteiger partial charge in [-0.05, 0) is 23.3 Å². The first kappa shape index (κ1) is 15.2. The lowest BCUT2D eigenvalue weighted by Gasteiger charge is -2.40. The highest BCUT2D eigenvalue weighted by molar-refractivity contribution is 6.30. The van der Waals surface area contributed by atoms with Crippen molar-refractivity contribution in [1.29, 1.82) is 0 Å². The van der Waals surface area contributed by atoms with E-state index in [0.717, 1.165) is 17.1 Å². The van der Waals surface area contributed by atoms with Gasteiger partial charge in [-0.3, -0.25) is 0 Å². The van der Waals surface area contributed by atoms with Gasteiger partial charge in [-0.1, -0.05) is 54.1 Å². The molecule has 1 aromatic heterocycles. The number of anilines is 1. The Morgan fingerprint density at radius 3 is 2.50 bits per heavy atom. The molecule has 0 aliphatic carbocycles. The summed E-state index contributed by atoms with van der Waals surface area (Å²) in [7, 11) is 0. The molecule has 0 radical (unpaired) electrons.